The van der Waals surface area contributed by atoms with Crippen molar-refractivity contribution in [2.24, 2.45) is 0 Å². The van der Waals surface area contributed by atoms with E-state index in [1.807, 2.05) is 0 Å². The Kier molecular flexibility index (Phi) is 5.52. The molecule has 0 radical (unpaired) electrons. The quantitative estimate of drug-likeness (QED) is 0.371. The van der Waals surface area contributed by atoms with Gasteiger partial charge in [0.05, 0.1) is 11.1 Å². The molecular weight excluding hydrogens is 410 g/mol. The van der Waals surface area contributed by atoms with Crippen LogP contribution < -0.4 is 0 Å². The molecule has 3 aromatic rings. The highest BCUT2D eigenvalue weighted by Gasteiger charge is 2.36. The molecule has 30 heavy (non-hydrogen) atoms. The molecule has 0 spiro atoms. The lowest BCUT2D eigenvalue weighted by Crippen LogP contribution is -2.16. The van der Waals surface area contributed by atoms with E-state index in [0.717, 1.165) is 24.3 Å². The van der Waals surface area contributed by atoms with E-state index in [1.54, 1.807) is 18.2 Å². The molecule has 2 nitrogen and oxygen atoms in total. The van der Waals surface area contributed by atoms with Crippen LogP contribution in [0.5, 0.6) is 0 Å². The molecule has 0 N–H and O–H groups in total. The summed E-state index contributed by atoms with van der Waals surface area (Å²) >= 11 is 0. The van der Waals surface area contributed by atoms with Crippen molar-refractivity contribution in [3.05, 3.63) is 106 Å². The molecule has 0 saturated carbocycles. The summed E-state index contributed by atoms with van der Waals surface area (Å²) in [6.45, 7) is 0. The predicted molar refractivity (Wildman–Crippen MR) is 96.2 cm³/mol. The molecule has 0 amide bonds. The zero-order valence-electron chi connectivity index (χ0n) is 15.0. The van der Waals surface area contributed by atoms with E-state index < -0.39 is 40.6 Å². The Morgan fingerprint density at radius 3 is 1.63 bits per heavy atom. The maximum Gasteiger partial charge on any atom is 0.417 e. The molecular formula is C22H12F6O2. The van der Waals surface area contributed by atoms with E-state index >= 15 is 0 Å². The molecule has 8 heteroatoms. The number of hydrogen-bond donors (Lipinski definition) is 0. The van der Waals surface area contributed by atoms with Gasteiger partial charge in [-0.3, -0.25) is 9.59 Å². The van der Waals surface area contributed by atoms with E-state index in [2.05, 4.69) is 0 Å². The van der Waals surface area contributed by atoms with Gasteiger partial charge in [-0.15, -0.1) is 0 Å². The van der Waals surface area contributed by atoms with Gasteiger partial charge in [0.1, 0.15) is 0 Å². The number of carbonyl (C=O) groups excluding carboxylic acids is 2. The van der Waals surface area contributed by atoms with Gasteiger partial charge in [0.25, 0.3) is 0 Å². The molecule has 0 fully saturated rings. The summed E-state index contributed by atoms with van der Waals surface area (Å²) in [5, 5.41) is 0. The normalized spacial score (nSPS) is 11.9. The van der Waals surface area contributed by atoms with E-state index in [0.29, 0.717) is 18.2 Å². The van der Waals surface area contributed by atoms with Crippen LogP contribution in [0.3, 0.4) is 0 Å². The zero-order valence-corrected chi connectivity index (χ0v) is 15.0. The maximum absolute atomic E-state index is 13.4. The highest BCUT2D eigenvalue weighted by molar-refractivity contribution is 6.14. The van der Waals surface area contributed by atoms with Crippen LogP contribution in [0.2, 0.25) is 0 Å². The number of carbonyl (C=O) groups is 2. The monoisotopic (exact) mass is 422 g/mol. The van der Waals surface area contributed by atoms with Crippen molar-refractivity contribution < 1.29 is 35.9 Å². The topological polar surface area (TPSA) is 34.1 Å². The third-order valence-corrected chi connectivity index (χ3v) is 4.34. The minimum absolute atomic E-state index is 0.149. The standard InChI is InChI=1S/C22H12F6O2/c23-21(24,25)16-9-6-14(7-10-16)20(30)17-12-15(8-11-18(17)22(26,27)28)19(29)13-4-2-1-3-5-13/h1-12H. The number of hydrogen-bond acceptors (Lipinski definition) is 2. The van der Waals surface area contributed by atoms with Crippen molar-refractivity contribution in [3.8, 4) is 0 Å². The number of benzene rings is 3. The summed E-state index contributed by atoms with van der Waals surface area (Å²) in [5.74, 6) is -1.73. The first-order chi connectivity index (χ1) is 14.0. The molecule has 0 heterocycles. The first-order valence-corrected chi connectivity index (χ1v) is 8.51. The second-order valence-corrected chi connectivity index (χ2v) is 6.36. The van der Waals surface area contributed by atoms with Crippen LogP contribution in [0.25, 0.3) is 0 Å². The summed E-state index contributed by atoms with van der Waals surface area (Å²) in [6.07, 6.45) is -9.55. The Morgan fingerprint density at radius 2 is 1.10 bits per heavy atom. The second kappa shape index (κ2) is 7.78. The summed E-state index contributed by atoms with van der Waals surface area (Å²) < 4.78 is 78.3. The van der Waals surface area contributed by atoms with Crippen LogP contribution >= 0.6 is 0 Å². The average Bonchev–Trinajstić information content (AvgIpc) is 2.71. The van der Waals surface area contributed by atoms with Gasteiger partial charge in [0.15, 0.2) is 11.6 Å². The average molecular weight is 422 g/mol. The van der Waals surface area contributed by atoms with E-state index in [-0.39, 0.29) is 16.7 Å². The lowest BCUT2D eigenvalue weighted by molar-refractivity contribution is -0.138. The van der Waals surface area contributed by atoms with Gasteiger partial charge in [0.2, 0.25) is 0 Å². The minimum Gasteiger partial charge on any atom is -0.289 e. The third-order valence-electron chi connectivity index (χ3n) is 4.34. The summed E-state index contributed by atoms with van der Waals surface area (Å²) in [7, 11) is 0. The lowest BCUT2D eigenvalue weighted by Gasteiger charge is -2.14. The van der Waals surface area contributed by atoms with Gasteiger partial charge in [0, 0.05) is 22.3 Å². The number of rotatable bonds is 4. The second-order valence-electron chi connectivity index (χ2n) is 6.36. The van der Waals surface area contributed by atoms with Crippen molar-refractivity contribution in [3.63, 3.8) is 0 Å². The predicted octanol–water partition coefficient (Wildman–Crippen LogP) is 6.19. The van der Waals surface area contributed by atoms with Crippen LogP contribution in [0.4, 0.5) is 26.3 Å². The van der Waals surface area contributed by atoms with Gasteiger partial charge in [-0.25, -0.2) is 0 Å². The summed E-state index contributed by atoms with van der Waals surface area (Å²) in [4.78, 5) is 25.2. The Bertz CT molecular complexity index is 1080. The third kappa shape index (κ3) is 4.42. The fourth-order valence-electron chi connectivity index (χ4n) is 2.84. The highest BCUT2D eigenvalue weighted by Crippen LogP contribution is 2.34. The fraction of sp³-hybridized carbons (Fsp3) is 0.0909. The smallest absolute Gasteiger partial charge is 0.289 e. The van der Waals surface area contributed by atoms with Crippen molar-refractivity contribution in [2.45, 2.75) is 12.4 Å². The molecule has 3 aromatic carbocycles. The Labute approximate surface area is 166 Å². The maximum atomic E-state index is 13.4. The molecule has 0 aromatic heterocycles. The van der Waals surface area contributed by atoms with Gasteiger partial charge >= 0.3 is 12.4 Å². The van der Waals surface area contributed by atoms with Crippen molar-refractivity contribution in [1.29, 1.82) is 0 Å². The molecule has 0 unspecified atom stereocenters. The molecule has 0 aliphatic rings. The molecule has 0 atom stereocenters. The largest absolute Gasteiger partial charge is 0.417 e. The first kappa shape index (κ1) is 21.3. The number of ketones is 2. The molecule has 3 rings (SSSR count). The number of alkyl halides is 6. The van der Waals surface area contributed by atoms with E-state index in [9.17, 15) is 35.9 Å². The molecule has 0 bridgehead atoms. The molecule has 154 valence electrons. The number of halogens is 6. The van der Waals surface area contributed by atoms with Crippen molar-refractivity contribution >= 4 is 11.6 Å². The highest BCUT2D eigenvalue weighted by atomic mass is 19.4. The van der Waals surface area contributed by atoms with Gasteiger partial charge in [-0.05, 0) is 24.3 Å². The fourth-order valence-corrected chi connectivity index (χ4v) is 2.84. The lowest BCUT2D eigenvalue weighted by atomic mass is 9.93. The van der Waals surface area contributed by atoms with E-state index in [1.165, 1.54) is 12.1 Å². The zero-order chi connectivity index (χ0) is 22.1. The van der Waals surface area contributed by atoms with Gasteiger partial charge < -0.3 is 0 Å². The Morgan fingerprint density at radius 1 is 0.567 bits per heavy atom. The van der Waals surface area contributed by atoms with Gasteiger partial charge in [-0.2, -0.15) is 26.3 Å². The SMILES string of the molecule is O=C(c1ccccc1)c1ccc(C(F)(F)F)c(C(=O)c2ccc(C(F)(F)F)cc2)c1. The molecule has 0 aliphatic carbocycles. The Hall–Kier alpha value is -3.42. The summed E-state index contributed by atoms with van der Waals surface area (Å²) in [6, 6.07) is 13.0. The van der Waals surface area contributed by atoms with Crippen LogP contribution in [-0.2, 0) is 12.4 Å². The molecule has 0 aliphatic heterocycles. The van der Waals surface area contributed by atoms with Crippen LogP contribution in [0.15, 0.2) is 72.8 Å². The first-order valence-electron chi connectivity index (χ1n) is 8.51. The van der Waals surface area contributed by atoms with E-state index in [4.69, 9.17) is 0 Å². The van der Waals surface area contributed by atoms with Crippen LogP contribution in [-0.4, -0.2) is 11.6 Å². The van der Waals surface area contributed by atoms with Crippen LogP contribution in [0.1, 0.15) is 43.0 Å². The van der Waals surface area contributed by atoms with Crippen LogP contribution in [0, 0.1) is 0 Å². The van der Waals surface area contributed by atoms with Crippen molar-refractivity contribution in [1.82, 2.24) is 0 Å². The Balaban J connectivity index is 2.07. The molecule has 0 saturated heterocycles. The summed E-state index contributed by atoms with van der Waals surface area (Å²) in [5.41, 5.74) is -3.43. The minimum atomic E-state index is -4.90. The van der Waals surface area contributed by atoms with Gasteiger partial charge in [-0.1, -0.05) is 48.5 Å². The van der Waals surface area contributed by atoms with Crippen molar-refractivity contribution in [2.75, 3.05) is 0 Å².